The van der Waals surface area contributed by atoms with Crippen LogP contribution in [0.3, 0.4) is 0 Å². The molecule has 0 atom stereocenters. The van der Waals surface area contributed by atoms with Crippen molar-refractivity contribution in [3.05, 3.63) is 29.6 Å². The molecule has 1 spiro atoms. The maximum absolute atomic E-state index is 4.55. The van der Waals surface area contributed by atoms with Crippen molar-refractivity contribution >= 4 is 11.0 Å². The molecule has 2 aromatic rings. The zero-order valence-electron chi connectivity index (χ0n) is 10.4. The fraction of sp³-hybridized carbons (Fsp3) is 0.500. The van der Waals surface area contributed by atoms with Crippen LogP contribution in [0, 0.1) is 0 Å². The summed E-state index contributed by atoms with van der Waals surface area (Å²) >= 11 is 0. The number of likely N-dealkylation sites (N-methyl/N-ethyl adjacent to an activating group) is 1. The molecule has 0 aromatic carbocycles. The van der Waals surface area contributed by atoms with Gasteiger partial charge in [0.2, 0.25) is 0 Å². The molecule has 17 heavy (non-hydrogen) atoms. The van der Waals surface area contributed by atoms with Crippen LogP contribution < -0.4 is 0 Å². The van der Waals surface area contributed by atoms with Crippen molar-refractivity contribution < 1.29 is 0 Å². The fourth-order valence-electron chi connectivity index (χ4n) is 3.55. The third-order valence-corrected chi connectivity index (χ3v) is 4.44. The van der Waals surface area contributed by atoms with E-state index in [4.69, 9.17) is 0 Å². The van der Waals surface area contributed by atoms with E-state index in [2.05, 4.69) is 40.7 Å². The molecule has 4 rings (SSSR count). The number of aromatic nitrogens is 2. The van der Waals surface area contributed by atoms with E-state index in [9.17, 15) is 0 Å². The molecule has 0 N–H and O–H groups in total. The third-order valence-electron chi connectivity index (χ3n) is 4.44. The average molecular weight is 227 g/mol. The Hall–Kier alpha value is -1.35. The molecule has 3 nitrogen and oxygen atoms in total. The van der Waals surface area contributed by atoms with Gasteiger partial charge in [0, 0.05) is 42.8 Å². The predicted molar refractivity (Wildman–Crippen MR) is 68.0 cm³/mol. The molecule has 1 fully saturated rings. The summed E-state index contributed by atoms with van der Waals surface area (Å²) in [6.45, 7) is 2.28. The van der Waals surface area contributed by atoms with Gasteiger partial charge >= 0.3 is 0 Å². The lowest BCUT2D eigenvalue weighted by Gasteiger charge is -2.31. The highest BCUT2D eigenvalue weighted by Gasteiger charge is 2.50. The Kier molecular flexibility index (Phi) is 1.65. The van der Waals surface area contributed by atoms with Gasteiger partial charge in [-0.1, -0.05) is 0 Å². The topological polar surface area (TPSA) is 21.1 Å². The summed E-state index contributed by atoms with van der Waals surface area (Å²) in [5, 5.41) is 1.38. The van der Waals surface area contributed by atoms with Crippen LogP contribution in [0.2, 0.25) is 0 Å². The molecule has 3 heterocycles. The van der Waals surface area contributed by atoms with E-state index in [1.807, 2.05) is 6.20 Å². The molecule has 3 heteroatoms. The van der Waals surface area contributed by atoms with Gasteiger partial charge in [-0.05, 0) is 37.6 Å². The summed E-state index contributed by atoms with van der Waals surface area (Å²) in [4.78, 5) is 7.00. The minimum Gasteiger partial charge on any atom is -0.331 e. The highest BCUT2D eigenvalue weighted by molar-refractivity contribution is 5.84. The number of rotatable bonds is 0. The molecule has 0 saturated heterocycles. The van der Waals surface area contributed by atoms with E-state index in [1.165, 1.54) is 30.5 Å². The molecule has 0 unspecified atom stereocenters. The van der Waals surface area contributed by atoms with Crippen LogP contribution in [0.1, 0.15) is 24.1 Å². The zero-order valence-corrected chi connectivity index (χ0v) is 10.4. The molecule has 1 saturated carbocycles. The average Bonchev–Trinajstić information content (AvgIpc) is 3.01. The number of fused-ring (bicyclic) bond motifs is 4. The van der Waals surface area contributed by atoms with E-state index in [1.54, 1.807) is 5.56 Å². The minimum absolute atomic E-state index is 0.449. The first kappa shape index (κ1) is 9.66. The van der Waals surface area contributed by atoms with Crippen LogP contribution in [-0.4, -0.2) is 28.0 Å². The van der Waals surface area contributed by atoms with Crippen molar-refractivity contribution in [1.82, 2.24) is 14.5 Å². The van der Waals surface area contributed by atoms with Gasteiger partial charge in [0.15, 0.2) is 0 Å². The first-order chi connectivity index (χ1) is 8.21. The summed E-state index contributed by atoms with van der Waals surface area (Å²) in [5.74, 6) is 0. The molecule has 0 radical (unpaired) electrons. The van der Waals surface area contributed by atoms with Crippen LogP contribution in [-0.2, 0) is 19.0 Å². The first-order valence-electron chi connectivity index (χ1n) is 6.33. The molecule has 1 aliphatic heterocycles. The van der Waals surface area contributed by atoms with Gasteiger partial charge in [0.25, 0.3) is 0 Å². The zero-order chi connectivity index (χ0) is 11.6. The standard InChI is InChI=1S/C14H17N3/c1-16-8-11-12(14(9-16)5-6-14)10-4-3-7-15-13(10)17(11)2/h3-4,7H,5-6,8-9H2,1-2H3. The van der Waals surface area contributed by atoms with Crippen LogP contribution in [0.25, 0.3) is 11.0 Å². The number of hydrogen-bond acceptors (Lipinski definition) is 2. The first-order valence-corrected chi connectivity index (χ1v) is 6.33. The van der Waals surface area contributed by atoms with Crippen molar-refractivity contribution in [2.45, 2.75) is 24.8 Å². The van der Waals surface area contributed by atoms with Gasteiger partial charge in [0.1, 0.15) is 5.65 Å². The Morgan fingerprint density at radius 3 is 2.88 bits per heavy atom. The van der Waals surface area contributed by atoms with Crippen molar-refractivity contribution in [3.8, 4) is 0 Å². The molecule has 2 aromatic heterocycles. The van der Waals surface area contributed by atoms with E-state index < -0.39 is 0 Å². The number of hydrogen-bond donors (Lipinski definition) is 0. The van der Waals surface area contributed by atoms with Gasteiger partial charge < -0.3 is 4.57 Å². The van der Waals surface area contributed by atoms with E-state index in [0.29, 0.717) is 5.41 Å². The number of nitrogens with zero attached hydrogens (tertiary/aromatic N) is 3. The Morgan fingerprint density at radius 1 is 1.29 bits per heavy atom. The Balaban J connectivity index is 2.10. The van der Waals surface area contributed by atoms with Crippen molar-refractivity contribution in [3.63, 3.8) is 0 Å². The molecular formula is C14H17N3. The largest absolute Gasteiger partial charge is 0.331 e. The molecule has 1 aliphatic carbocycles. The van der Waals surface area contributed by atoms with Crippen molar-refractivity contribution in [2.75, 3.05) is 13.6 Å². The molecule has 0 bridgehead atoms. The van der Waals surface area contributed by atoms with E-state index in [-0.39, 0.29) is 0 Å². The van der Waals surface area contributed by atoms with Crippen molar-refractivity contribution in [2.24, 2.45) is 7.05 Å². The highest BCUT2D eigenvalue weighted by atomic mass is 15.2. The monoisotopic (exact) mass is 227 g/mol. The Labute approximate surface area is 101 Å². The van der Waals surface area contributed by atoms with Crippen molar-refractivity contribution in [1.29, 1.82) is 0 Å². The predicted octanol–water partition coefficient (Wildman–Crippen LogP) is 2.05. The molecule has 2 aliphatic rings. The summed E-state index contributed by atoms with van der Waals surface area (Å²) in [7, 11) is 4.39. The fourth-order valence-corrected chi connectivity index (χ4v) is 3.55. The second kappa shape index (κ2) is 2.91. The summed E-state index contributed by atoms with van der Waals surface area (Å²) in [5.41, 5.74) is 4.68. The maximum Gasteiger partial charge on any atom is 0.140 e. The smallest absolute Gasteiger partial charge is 0.140 e. The molecule has 0 amide bonds. The second-order valence-corrected chi connectivity index (χ2v) is 5.71. The maximum atomic E-state index is 4.55. The van der Waals surface area contributed by atoms with Gasteiger partial charge in [0.05, 0.1) is 0 Å². The number of aryl methyl sites for hydroxylation is 1. The van der Waals surface area contributed by atoms with Crippen LogP contribution in [0.15, 0.2) is 18.3 Å². The number of pyridine rings is 1. The molecular weight excluding hydrogens is 210 g/mol. The Bertz CT molecular complexity index is 607. The van der Waals surface area contributed by atoms with Crippen LogP contribution in [0.5, 0.6) is 0 Å². The summed E-state index contributed by atoms with van der Waals surface area (Å²) < 4.78 is 2.29. The lowest BCUT2D eigenvalue weighted by Crippen LogP contribution is -2.35. The van der Waals surface area contributed by atoms with Gasteiger partial charge in [-0.3, -0.25) is 4.90 Å². The van der Waals surface area contributed by atoms with Gasteiger partial charge in [-0.25, -0.2) is 4.98 Å². The van der Waals surface area contributed by atoms with E-state index in [0.717, 1.165) is 12.2 Å². The lowest BCUT2D eigenvalue weighted by atomic mass is 9.89. The summed E-state index contributed by atoms with van der Waals surface area (Å²) in [6, 6.07) is 4.31. The SMILES string of the molecule is CN1Cc2c(c3cccnc3n2C)C2(CC2)C1. The minimum atomic E-state index is 0.449. The second-order valence-electron chi connectivity index (χ2n) is 5.71. The third kappa shape index (κ3) is 1.12. The molecule has 88 valence electrons. The summed E-state index contributed by atoms with van der Waals surface area (Å²) in [6.07, 6.45) is 4.59. The normalized spacial score (nSPS) is 22.0. The van der Waals surface area contributed by atoms with Gasteiger partial charge in [-0.2, -0.15) is 0 Å². The lowest BCUT2D eigenvalue weighted by molar-refractivity contribution is 0.265. The van der Waals surface area contributed by atoms with Crippen LogP contribution in [0.4, 0.5) is 0 Å². The van der Waals surface area contributed by atoms with Crippen LogP contribution >= 0.6 is 0 Å². The van der Waals surface area contributed by atoms with E-state index >= 15 is 0 Å². The van der Waals surface area contributed by atoms with Gasteiger partial charge in [-0.15, -0.1) is 0 Å². The Morgan fingerprint density at radius 2 is 2.12 bits per heavy atom. The highest BCUT2D eigenvalue weighted by Crippen LogP contribution is 2.54. The quantitative estimate of drug-likeness (QED) is 0.687.